The summed E-state index contributed by atoms with van der Waals surface area (Å²) in [5, 5.41) is 3.36. The van der Waals surface area contributed by atoms with E-state index >= 15 is 0 Å². The van der Waals surface area contributed by atoms with Gasteiger partial charge in [-0.05, 0) is 43.2 Å². The molecule has 106 valence electrons. The first kappa shape index (κ1) is 13.5. The second-order valence-electron chi connectivity index (χ2n) is 4.97. The Hall–Kier alpha value is -1.46. The van der Waals surface area contributed by atoms with Crippen molar-refractivity contribution >= 4 is 10.8 Å². The summed E-state index contributed by atoms with van der Waals surface area (Å²) in [6, 6.07) is 10.2. The number of halogens is 1. The van der Waals surface area contributed by atoms with Gasteiger partial charge in [0.25, 0.3) is 0 Å². The van der Waals surface area contributed by atoms with Crippen LogP contribution >= 0.6 is 0 Å². The van der Waals surface area contributed by atoms with Crippen LogP contribution in [-0.2, 0) is 23.1 Å². The molecule has 1 saturated carbocycles. The summed E-state index contributed by atoms with van der Waals surface area (Å²) in [6.07, 6.45) is 2.47. The molecule has 3 rings (SSSR count). The predicted molar refractivity (Wildman–Crippen MR) is 75.1 cm³/mol. The molecule has 0 amide bonds. The van der Waals surface area contributed by atoms with Crippen molar-refractivity contribution in [3.63, 3.8) is 0 Å². The van der Waals surface area contributed by atoms with E-state index in [0.717, 1.165) is 5.76 Å². The van der Waals surface area contributed by atoms with Crippen LogP contribution in [-0.4, -0.2) is 10.3 Å². The molecule has 1 atom stereocenters. The van der Waals surface area contributed by atoms with Crippen molar-refractivity contribution in [3.8, 4) is 0 Å². The molecular weight excluding hydrogens is 277 g/mol. The van der Waals surface area contributed by atoms with E-state index in [1.807, 2.05) is 12.1 Å². The Bertz CT molecular complexity index is 622. The fraction of sp³-hybridized carbons (Fsp3) is 0.333. The summed E-state index contributed by atoms with van der Waals surface area (Å²) in [5.74, 6) is 1.42. The van der Waals surface area contributed by atoms with Gasteiger partial charge >= 0.3 is 0 Å². The summed E-state index contributed by atoms with van der Waals surface area (Å²) in [6.45, 7) is 0.706. The number of hydrogen-bond acceptors (Lipinski definition) is 3. The molecule has 0 radical (unpaired) electrons. The number of hydrogen-bond donors (Lipinski definition) is 1. The monoisotopic (exact) mass is 293 g/mol. The largest absolute Gasteiger partial charge is 0.464 e. The maximum absolute atomic E-state index is 13.1. The molecule has 0 spiro atoms. The Kier molecular flexibility index (Phi) is 3.98. The SMILES string of the molecule is O=S(Cc1ccc(CNC2CC2)o1)c1cccc(F)c1. The lowest BCUT2D eigenvalue weighted by atomic mass is 10.4. The summed E-state index contributed by atoms with van der Waals surface area (Å²) in [7, 11) is -1.29. The highest BCUT2D eigenvalue weighted by Crippen LogP contribution is 2.20. The standard InChI is InChI=1S/C15H16FNO2S/c16-11-2-1-3-15(8-11)20(18)10-14-7-6-13(19-14)9-17-12-4-5-12/h1-3,6-8,12,17H,4-5,9-10H2. The molecule has 1 aliphatic carbocycles. The van der Waals surface area contributed by atoms with Crippen LogP contribution in [0.2, 0.25) is 0 Å². The zero-order valence-corrected chi connectivity index (χ0v) is 11.8. The predicted octanol–water partition coefficient (Wildman–Crippen LogP) is 2.98. The van der Waals surface area contributed by atoms with Gasteiger partial charge in [-0.3, -0.25) is 4.21 Å². The van der Waals surface area contributed by atoms with Gasteiger partial charge < -0.3 is 9.73 Å². The van der Waals surface area contributed by atoms with E-state index in [9.17, 15) is 8.60 Å². The molecule has 0 aliphatic heterocycles. The van der Waals surface area contributed by atoms with E-state index in [1.54, 1.807) is 12.1 Å². The van der Waals surface area contributed by atoms with Crippen molar-refractivity contribution in [3.05, 3.63) is 53.7 Å². The zero-order valence-electron chi connectivity index (χ0n) is 11.0. The first-order valence-electron chi connectivity index (χ1n) is 6.65. The van der Waals surface area contributed by atoms with Crippen LogP contribution in [0.3, 0.4) is 0 Å². The van der Waals surface area contributed by atoms with Crippen LogP contribution < -0.4 is 5.32 Å². The normalized spacial score (nSPS) is 16.2. The molecular formula is C15H16FNO2S. The van der Waals surface area contributed by atoms with Crippen LogP contribution in [0, 0.1) is 5.82 Å². The van der Waals surface area contributed by atoms with Crippen molar-refractivity contribution in [2.75, 3.05) is 0 Å². The molecule has 1 N–H and O–H groups in total. The van der Waals surface area contributed by atoms with Crippen molar-refractivity contribution in [2.45, 2.75) is 36.1 Å². The minimum Gasteiger partial charge on any atom is -0.464 e. The van der Waals surface area contributed by atoms with Crippen LogP contribution in [0.4, 0.5) is 4.39 Å². The Morgan fingerprint density at radius 2 is 2.05 bits per heavy atom. The van der Waals surface area contributed by atoms with Crippen LogP contribution in [0.15, 0.2) is 45.7 Å². The third-order valence-electron chi connectivity index (χ3n) is 3.19. The molecule has 0 saturated heterocycles. The molecule has 5 heteroatoms. The van der Waals surface area contributed by atoms with Gasteiger partial charge in [0.1, 0.15) is 17.3 Å². The Balaban J connectivity index is 1.60. The molecule has 1 unspecified atom stereocenters. The number of furan rings is 1. The van der Waals surface area contributed by atoms with Gasteiger partial charge in [-0.15, -0.1) is 0 Å². The average molecular weight is 293 g/mol. The third-order valence-corrected chi connectivity index (χ3v) is 4.52. The number of nitrogens with one attached hydrogen (secondary N) is 1. The lowest BCUT2D eigenvalue weighted by Crippen LogP contribution is -2.14. The quantitative estimate of drug-likeness (QED) is 0.890. The third kappa shape index (κ3) is 3.55. The molecule has 1 aliphatic rings. The second-order valence-corrected chi connectivity index (χ2v) is 6.42. The number of rotatable bonds is 6. The van der Waals surface area contributed by atoms with E-state index < -0.39 is 10.8 Å². The lowest BCUT2D eigenvalue weighted by Gasteiger charge is -2.01. The molecule has 0 bridgehead atoms. The van der Waals surface area contributed by atoms with Gasteiger partial charge in [-0.2, -0.15) is 0 Å². The second kappa shape index (κ2) is 5.89. The van der Waals surface area contributed by atoms with Crippen molar-refractivity contribution < 1.29 is 13.0 Å². The van der Waals surface area contributed by atoms with Gasteiger partial charge in [0, 0.05) is 10.9 Å². The minimum absolute atomic E-state index is 0.271. The molecule has 1 heterocycles. The summed E-state index contributed by atoms with van der Waals surface area (Å²) in [4.78, 5) is 0.485. The van der Waals surface area contributed by atoms with Gasteiger partial charge in [-0.1, -0.05) is 6.07 Å². The Morgan fingerprint density at radius 1 is 1.25 bits per heavy atom. The molecule has 1 aromatic heterocycles. The van der Waals surface area contributed by atoms with Crippen molar-refractivity contribution in [1.82, 2.24) is 5.32 Å². The topological polar surface area (TPSA) is 42.2 Å². The summed E-state index contributed by atoms with van der Waals surface area (Å²) >= 11 is 0. The summed E-state index contributed by atoms with van der Waals surface area (Å²) < 4.78 is 30.8. The van der Waals surface area contributed by atoms with Crippen LogP contribution in [0.25, 0.3) is 0 Å². The Labute approximate surface area is 119 Å². The minimum atomic E-state index is -1.29. The highest BCUT2D eigenvalue weighted by atomic mass is 32.2. The van der Waals surface area contributed by atoms with E-state index in [0.29, 0.717) is 23.2 Å². The highest BCUT2D eigenvalue weighted by molar-refractivity contribution is 7.84. The molecule has 2 aromatic rings. The zero-order chi connectivity index (χ0) is 13.9. The fourth-order valence-electron chi connectivity index (χ4n) is 1.95. The summed E-state index contributed by atoms with van der Waals surface area (Å²) in [5.41, 5.74) is 0. The molecule has 1 aromatic carbocycles. The van der Waals surface area contributed by atoms with Gasteiger partial charge in [-0.25, -0.2) is 4.39 Å². The van der Waals surface area contributed by atoms with E-state index in [4.69, 9.17) is 4.42 Å². The maximum atomic E-state index is 13.1. The Morgan fingerprint density at radius 3 is 2.80 bits per heavy atom. The first-order chi connectivity index (χ1) is 9.70. The van der Waals surface area contributed by atoms with Crippen molar-refractivity contribution in [1.29, 1.82) is 0 Å². The molecule has 3 nitrogen and oxygen atoms in total. The average Bonchev–Trinajstić information content (AvgIpc) is 3.16. The van der Waals surface area contributed by atoms with Gasteiger partial charge in [0.2, 0.25) is 0 Å². The number of benzene rings is 1. The fourth-order valence-corrected chi connectivity index (χ4v) is 3.00. The lowest BCUT2D eigenvalue weighted by molar-refractivity contribution is 0.457. The van der Waals surface area contributed by atoms with Crippen LogP contribution in [0.5, 0.6) is 0 Å². The van der Waals surface area contributed by atoms with E-state index in [2.05, 4.69) is 5.32 Å². The highest BCUT2D eigenvalue weighted by Gasteiger charge is 2.20. The van der Waals surface area contributed by atoms with Crippen molar-refractivity contribution in [2.24, 2.45) is 0 Å². The smallest absolute Gasteiger partial charge is 0.124 e. The maximum Gasteiger partial charge on any atom is 0.124 e. The molecule has 20 heavy (non-hydrogen) atoms. The first-order valence-corrected chi connectivity index (χ1v) is 7.97. The van der Waals surface area contributed by atoms with Crippen LogP contribution in [0.1, 0.15) is 24.4 Å². The van der Waals surface area contributed by atoms with Gasteiger partial charge in [0.15, 0.2) is 0 Å². The molecule has 1 fully saturated rings. The van der Waals surface area contributed by atoms with E-state index in [1.165, 1.54) is 25.0 Å². The van der Waals surface area contributed by atoms with E-state index in [-0.39, 0.29) is 11.6 Å². The van der Waals surface area contributed by atoms with Gasteiger partial charge in [0.05, 0.1) is 23.1 Å².